The molecule has 0 atom stereocenters. The second-order valence-corrected chi connectivity index (χ2v) is 11.1. The zero-order valence-electron chi connectivity index (χ0n) is 20.4. The summed E-state index contributed by atoms with van der Waals surface area (Å²) in [7, 11) is -4.11. The molecular formula is C27H23Cl2FN4O3S. The van der Waals surface area contributed by atoms with Crippen LogP contribution in [0.4, 0.5) is 10.1 Å². The number of aromatic nitrogens is 1. The molecule has 0 radical (unpaired) electrons. The van der Waals surface area contributed by atoms with Crippen molar-refractivity contribution in [2.45, 2.75) is 18.7 Å². The topological polar surface area (TPSA) is 83.8 Å². The van der Waals surface area contributed by atoms with Gasteiger partial charge in [-0.05, 0) is 74.5 Å². The van der Waals surface area contributed by atoms with Gasteiger partial charge in [0, 0.05) is 22.0 Å². The molecular weight excluding hydrogens is 550 g/mol. The molecule has 0 bridgehead atoms. The van der Waals surface area contributed by atoms with Crippen LogP contribution in [0.25, 0.3) is 5.69 Å². The number of hydrazone groups is 1. The van der Waals surface area contributed by atoms with Crippen molar-refractivity contribution in [3.05, 3.63) is 112 Å². The summed E-state index contributed by atoms with van der Waals surface area (Å²) in [6, 6.07) is 19.5. The van der Waals surface area contributed by atoms with E-state index in [0.29, 0.717) is 21.3 Å². The Morgan fingerprint density at radius 1 is 1.03 bits per heavy atom. The van der Waals surface area contributed by atoms with Gasteiger partial charge in [0.1, 0.15) is 12.4 Å². The Morgan fingerprint density at radius 3 is 2.39 bits per heavy atom. The van der Waals surface area contributed by atoms with E-state index in [4.69, 9.17) is 23.2 Å². The number of benzene rings is 3. The highest BCUT2D eigenvalue weighted by Crippen LogP contribution is 2.29. The molecule has 0 unspecified atom stereocenters. The molecule has 1 amide bonds. The molecule has 38 heavy (non-hydrogen) atoms. The summed E-state index contributed by atoms with van der Waals surface area (Å²) in [5, 5.41) is 5.09. The standard InChI is InChI=1S/C27H23Cl2FN4O3S/c1-18-14-20(19(2)34(18)26-15-21(28)8-13-25(26)29)16-31-32-27(35)17-33(23-11-9-22(30)10-12-23)38(36,37)24-6-4-3-5-7-24/h3-16H,17H2,1-2H3,(H,32,35)/b31-16-. The van der Waals surface area contributed by atoms with Crippen LogP contribution in [0.3, 0.4) is 0 Å². The fourth-order valence-electron chi connectivity index (χ4n) is 3.93. The lowest BCUT2D eigenvalue weighted by atomic mass is 10.2. The molecule has 1 heterocycles. The summed E-state index contributed by atoms with van der Waals surface area (Å²) >= 11 is 12.5. The second-order valence-electron chi connectivity index (χ2n) is 8.35. The molecule has 1 aromatic heterocycles. The molecule has 11 heteroatoms. The van der Waals surface area contributed by atoms with Gasteiger partial charge in [-0.15, -0.1) is 0 Å². The Bertz CT molecular complexity index is 1610. The quantitative estimate of drug-likeness (QED) is 0.211. The van der Waals surface area contributed by atoms with Gasteiger partial charge >= 0.3 is 0 Å². The first kappa shape index (κ1) is 27.4. The molecule has 0 saturated carbocycles. The molecule has 7 nitrogen and oxygen atoms in total. The van der Waals surface area contributed by atoms with Gasteiger partial charge in [0.2, 0.25) is 0 Å². The lowest BCUT2D eigenvalue weighted by molar-refractivity contribution is -0.119. The smallest absolute Gasteiger partial charge is 0.264 e. The number of nitrogens with zero attached hydrogens (tertiary/aromatic N) is 3. The van der Waals surface area contributed by atoms with Crippen LogP contribution in [-0.2, 0) is 14.8 Å². The molecule has 0 saturated heterocycles. The van der Waals surface area contributed by atoms with Gasteiger partial charge in [0.15, 0.2) is 0 Å². The zero-order chi connectivity index (χ0) is 27.4. The SMILES string of the molecule is Cc1cc(/C=N\NC(=O)CN(c2ccc(F)cc2)S(=O)(=O)c2ccccc2)c(C)n1-c1cc(Cl)ccc1Cl. The van der Waals surface area contributed by atoms with Crippen LogP contribution in [0.5, 0.6) is 0 Å². The highest BCUT2D eigenvalue weighted by molar-refractivity contribution is 7.92. The minimum Gasteiger partial charge on any atom is -0.316 e. The minimum atomic E-state index is -4.11. The van der Waals surface area contributed by atoms with E-state index in [-0.39, 0.29) is 10.6 Å². The number of carbonyl (C=O) groups excluding carboxylic acids is 1. The summed E-state index contributed by atoms with van der Waals surface area (Å²) in [6.07, 6.45) is 1.46. The van der Waals surface area contributed by atoms with Crippen LogP contribution in [0, 0.1) is 19.7 Å². The Kier molecular flexibility index (Phi) is 8.20. The molecule has 0 aliphatic rings. The molecule has 3 aromatic carbocycles. The van der Waals surface area contributed by atoms with E-state index < -0.39 is 28.3 Å². The second kappa shape index (κ2) is 11.4. The maximum absolute atomic E-state index is 13.5. The molecule has 4 rings (SSSR count). The lowest BCUT2D eigenvalue weighted by Gasteiger charge is -2.23. The first-order valence-electron chi connectivity index (χ1n) is 11.4. The fourth-order valence-corrected chi connectivity index (χ4v) is 5.74. The largest absolute Gasteiger partial charge is 0.316 e. The third-order valence-corrected chi connectivity index (χ3v) is 8.09. The molecule has 0 aliphatic carbocycles. The molecule has 196 valence electrons. The first-order valence-corrected chi connectivity index (χ1v) is 13.6. The summed E-state index contributed by atoms with van der Waals surface area (Å²) in [4.78, 5) is 12.8. The number of carbonyl (C=O) groups is 1. The van der Waals surface area contributed by atoms with Crippen LogP contribution in [0.2, 0.25) is 10.0 Å². The van der Waals surface area contributed by atoms with Gasteiger partial charge in [0.05, 0.1) is 27.5 Å². The number of amides is 1. The van der Waals surface area contributed by atoms with Crippen molar-refractivity contribution in [2.75, 3.05) is 10.8 Å². The Morgan fingerprint density at radius 2 is 1.71 bits per heavy atom. The summed E-state index contributed by atoms with van der Waals surface area (Å²) in [5.41, 5.74) is 5.61. The van der Waals surface area contributed by atoms with Gasteiger partial charge in [0.25, 0.3) is 15.9 Å². The van der Waals surface area contributed by atoms with E-state index in [9.17, 15) is 17.6 Å². The van der Waals surface area contributed by atoms with E-state index in [2.05, 4.69) is 10.5 Å². The van der Waals surface area contributed by atoms with Crippen LogP contribution in [0.1, 0.15) is 17.0 Å². The number of anilines is 1. The van der Waals surface area contributed by atoms with Crippen LogP contribution >= 0.6 is 23.2 Å². The van der Waals surface area contributed by atoms with E-state index in [1.807, 2.05) is 24.5 Å². The molecule has 0 fully saturated rings. The molecule has 1 N–H and O–H groups in total. The summed E-state index contributed by atoms with van der Waals surface area (Å²) < 4.78 is 42.9. The average Bonchev–Trinajstić information content (AvgIpc) is 3.17. The van der Waals surface area contributed by atoms with Crippen molar-refractivity contribution < 1.29 is 17.6 Å². The van der Waals surface area contributed by atoms with E-state index in [0.717, 1.165) is 27.8 Å². The number of halogens is 3. The van der Waals surface area contributed by atoms with Gasteiger partial charge in [-0.25, -0.2) is 18.2 Å². The van der Waals surface area contributed by atoms with Crippen LogP contribution in [0.15, 0.2) is 88.9 Å². The van der Waals surface area contributed by atoms with Crippen LogP contribution < -0.4 is 9.73 Å². The van der Waals surface area contributed by atoms with Crippen molar-refractivity contribution in [1.82, 2.24) is 9.99 Å². The summed E-state index contributed by atoms with van der Waals surface area (Å²) in [5.74, 6) is -1.21. The van der Waals surface area contributed by atoms with Crippen molar-refractivity contribution in [2.24, 2.45) is 5.10 Å². The predicted octanol–water partition coefficient (Wildman–Crippen LogP) is 5.89. The Hall–Kier alpha value is -3.66. The van der Waals surface area contributed by atoms with E-state index in [1.165, 1.54) is 30.5 Å². The third kappa shape index (κ3) is 5.91. The maximum atomic E-state index is 13.5. The third-order valence-electron chi connectivity index (χ3n) is 5.75. The van der Waals surface area contributed by atoms with Crippen molar-refractivity contribution in [1.29, 1.82) is 0 Å². The molecule has 0 spiro atoms. The minimum absolute atomic E-state index is 0.00672. The first-order chi connectivity index (χ1) is 18.1. The van der Waals surface area contributed by atoms with Gasteiger partial charge in [-0.2, -0.15) is 5.10 Å². The normalized spacial score (nSPS) is 11.6. The van der Waals surface area contributed by atoms with Gasteiger partial charge in [-0.1, -0.05) is 41.4 Å². The van der Waals surface area contributed by atoms with E-state index in [1.54, 1.807) is 36.4 Å². The Balaban J connectivity index is 1.55. The van der Waals surface area contributed by atoms with Gasteiger partial charge < -0.3 is 4.57 Å². The lowest BCUT2D eigenvalue weighted by Crippen LogP contribution is -2.39. The highest BCUT2D eigenvalue weighted by atomic mass is 35.5. The van der Waals surface area contributed by atoms with E-state index >= 15 is 0 Å². The van der Waals surface area contributed by atoms with Crippen molar-refractivity contribution >= 4 is 51.0 Å². The number of aryl methyl sites for hydroxylation is 1. The summed E-state index contributed by atoms with van der Waals surface area (Å²) in [6.45, 7) is 3.20. The number of hydrogen-bond acceptors (Lipinski definition) is 4. The number of nitrogens with one attached hydrogen (secondary N) is 1. The zero-order valence-corrected chi connectivity index (χ0v) is 22.7. The number of hydrogen-bond donors (Lipinski definition) is 1. The number of sulfonamides is 1. The fraction of sp³-hybridized carbons (Fsp3) is 0.111. The van der Waals surface area contributed by atoms with Crippen molar-refractivity contribution in [3.8, 4) is 5.69 Å². The Labute approximate surface area is 230 Å². The average molecular weight is 573 g/mol. The predicted molar refractivity (Wildman–Crippen MR) is 148 cm³/mol. The monoisotopic (exact) mass is 572 g/mol. The number of rotatable bonds is 8. The highest BCUT2D eigenvalue weighted by Gasteiger charge is 2.27. The molecule has 4 aromatic rings. The maximum Gasteiger partial charge on any atom is 0.264 e. The molecule has 0 aliphatic heterocycles. The van der Waals surface area contributed by atoms with Crippen LogP contribution in [-0.4, -0.2) is 31.7 Å². The van der Waals surface area contributed by atoms with Gasteiger partial charge in [-0.3, -0.25) is 9.10 Å². The van der Waals surface area contributed by atoms with Crippen molar-refractivity contribution in [3.63, 3.8) is 0 Å².